The summed E-state index contributed by atoms with van der Waals surface area (Å²) in [5.74, 6) is 0. The Kier molecular flexibility index (Phi) is 34.8. The largest absolute Gasteiger partial charge is 0.165 e. The van der Waals surface area contributed by atoms with Crippen molar-refractivity contribution in [3.63, 3.8) is 0 Å². The lowest BCUT2D eigenvalue weighted by atomic mass is 10.4. The molecule has 0 aromatic heterocycles. The molecule has 1 heteroatoms. The Morgan fingerprint density at radius 3 is 1.19 bits per heavy atom. The molecular weight excluding hydrogens is 344 g/mol. The highest BCUT2D eigenvalue weighted by atomic mass is 32.2. The molecule has 0 heterocycles. The van der Waals surface area contributed by atoms with Gasteiger partial charge in [0, 0.05) is 0 Å². The molecule has 0 radical (unpaired) electrons. The molecule has 0 bridgehead atoms. The zero-order valence-electron chi connectivity index (χ0n) is 19.1. The Bertz CT molecular complexity index is 488. The molecule has 0 aliphatic rings. The van der Waals surface area contributed by atoms with Gasteiger partial charge in [-0.1, -0.05) is 98.2 Å². The highest BCUT2D eigenvalue weighted by Gasteiger charge is 2.30. The van der Waals surface area contributed by atoms with Crippen LogP contribution in [0.3, 0.4) is 0 Å². The predicted molar refractivity (Wildman–Crippen MR) is 136 cm³/mol. The summed E-state index contributed by atoms with van der Waals surface area (Å²) >= 11 is 0. The molecule has 152 valence electrons. The van der Waals surface area contributed by atoms with Gasteiger partial charge in [-0.25, -0.2) is 0 Å². The van der Waals surface area contributed by atoms with E-state index in [2.05, 4.69) is 50.6 Å². The first kappa shape index (κ1) is 32.7. The number of hydrogen-bond acceptors (Lipinski definition) is 0. The number of rotatable bonds is 9. The molecule has 0 fully saturated rings. The van der Waals surface area contributed by atoms with Gasteiger partial charge in [-0.15, -0.1) is 0 Å². The molecule has 0 N–H and O–H groups in total. The van der Waals surface area contributed by atoms with Gasteiger partial charge in [0.15, 0.2) is 14.7 Å². The highest BCUT2D eigenvalue weighted by Crippen LogP contribution is 2.31. The van der Waals surface area contributed by atoms with Gasteiger partial charge in [-0.2, -0.15) is 0 Å². The molecule has 0 rings (SSSR count). The van der Waals surface area contributed by atoms with Crippen LogP contribution < -0.4 is 0 Å². The van der Waals surface area contributed by atoms with Gasteiger partial charge in [0.05, 0.1) is 10.9 Å². The number of hydrogen-bond donors (Lipinski definition) is 0. The maximum absolute atomic E-state index is 3.94. The van der Waals surface area contributed by atoms with Crippen molar-refractivity contribution in [1.82, 2.24) is 0 Å². The summed E-state index contributed by atoms with van der Waals surface area (Å²) in [7, 11) is -0.216. The molecule has 0 aromatic carbocycles. The molecule has 0 saturated carbocycles. The van der Waals surface area contributed by atoms with Gasteiger partial charge in [-0.05, 0) is 50.3 Å². The maximum atomic E-state index is 3.94. The average Bonchev–Trinajstić information content (AvgIpc) is 2.75. The predicted octanol–water partition coefficient (Wildman–Crippen LogP) is 9.23. The second kappa shape index (κ2) is 28.8. The molecule has 0 aliphatic heterocycles. The van der Waals surface area contributed by atoms with E-state index in [9.17, 15) is 0 Å². The minimum absolute atomic E-state index is 0.216. The van der Waals surface area contributed by atoms with Crippen molar-refractivity contribution < 1.29 is 0 Å². The van der Waals surface area contributed by atoms with Crippen molar-refractivity contribution in [2.45, 2.75) is 55.4 Å². The number of allylic oxidation sites excluding steroid dienone is 11. The lowest BCUT2D eigenvalue weighted by molar-refractivity contribution is 1.50. The van der Waals surface area contributed by atoms with Gasteiger partial charge in [0.2, 0.25) is 0 Å². The molecule has 0 spiro atoms. The Labute approximate surface area is 174 Å². The molecule has 0 atom stereocenters. The Balaban J connectivity index is -0.000000397. The van der Waals surface area contributed by atoms with Crippen LogP contribution in [-0.4, -0.2) is 0 Å². The normalized spacial score (nSPS) is 12.5. The maximum Gasteiger partial charge on any atom is 0.165 e. The quantitative estimate of drug-likeness (QED) is 0.273. The van der Waals surface area contributed by atoms with Gasteiger partial charge < -0.3 is 0 Å². The topological polar surface area (TPSA) is 0 Å². The van der Waals surface area contributed by atoms with Crippen LogP contribution in [-0.2, 0) is 10.9 Å². The lowest BCUT2D eigenvalue weighted by Crippen LogP contribution is -2.08. The molecular formula is C26H43S+. The Morgan fingerprint density at radius 1 is 0.593 bits per heavy atom. The summed E-state index contributed by atoms with van der Waals surface area (Å²) in [6.07, 6.45) is 21.6. The van der Waals surface area contributed by atoms with E-state index < -0.39 is 0 Å². The van der Waals surface area contributed by atoms with Gasteiger partial charge >= 0.3 is 0 Å². The van der Waals surface area contributed by atoms with E-state index in [0.717, 1.165) is 4.91 Å². The lowest BCUT2D eigenvalue weighted by Gasteiger charge is -2.09. The van der Waals surface area contributed by atoms with Crippen molar-refractivity contribution in [1.29, 1.82) is 0 Å². The first-order valence-corrected chi connectivity index (χ1v) is 11.0. The van der Waals surface area contributed by atoms with Crippen LogP contribution in [0.1, 0.15) is 55.4 Å². The Morgan fingerprint density at radius 2 is 0.963 bits per heavy atom. The fourth-order valence-electron chi connectivity index (χ4n) is 1.63. The zero-order chi connectivity index (χ0) is 22.1. The van der Waals surface area contributed by atoms with Crippen molar-refractivity contribution in [3.05, 3.63) is 108 Å². The van der Waals surface area contributed by atoms with E-state index in [1.807, 2.05) is 79.7 Å². The van der Waals surface area contributed by atoms with Gasteiger partial charge in [0.25, 0.3) is 0 Å². The van der Waals surface area contributed by atoms with Crippen molar-refractivity contribution >= 4 is 10.9 Å². The second-order valence-corrected chi connectivity index (χ2v) is 5.91. The monoisotopic (exact) mass is 387 g/mol. The van der Waals surface area contributed by atoms with Gasteiger partial charge in [-0.3, -0.25) is 0 Å². The first-order valence-electron chi connectivity index (χ1n) is 9.80. The molecule has 0 aliphatic carbocycles. The molecule has 0 unspecified atom stereocenters. The fourth-order valence-corrected chi connectivity index (χ4v) is 3.75. The SMILES string of the molecule is C=C/C=C\C(=C/C)[S+](/C(C=C)=C/C=C)C(/C=C\C=C)=C/C.CC.CC.CC. The van der Waals surface area contributed by atoms with E-state index in [4.69, 9.17) is 0 Å². The molecule has 0 aromatic rings. The van der Waals surface area contributed by atoms with Crippen LogP contribution in [0.4, 0.5) is 0 Å². The smallest absolute Gasteiger partial charge is 0.0991 e. The van der Waals surface area contributed by atoms with Crippen LogP contribution in [0.5, 0.6) is 0 Å². The summed E-state index contributed by atoms with van der Waals surface area (Å²) in [6.45, 7) is 31.3. The zero-order valence-corrected chi connectivity index (χ0v) is 19.9. The summed E-state index contributed by atoms with van der Waals surface area (Å²) in [5, 5.41) is 0. The summed E-state index contributed by atoms with van der Waals surface area (Å²) in [6, 6.07) is 0. The molecule has 0 saturated heterocycles. The highest BCUT2D eigenvalue weighted by molar-refractivity contribution is 8.08. The average molecular weight is 388 g/mol. The summed E-state index contributed by atoms with van der Waals surface area (Å²) in [5.41, 5.74) is 0. The third-order valence-corrected chi connectivity index (χ3v) is 5.01. The van der Waals surface area contributed by atoms with E-state index in [-0.39, 0.29) is 10.9 Å². The molecule has 27 heavy (non-hydrogen) atoms. The second-order valence-electron chi connectivity index (χ2n) is 3.89. The van der Waals surface area contributed by atoms with E-state index in [1.165, 1.54) is 9.81 Å². The van der Waals surface area contributed by atoms with Gasteiger partial charge in [0.1, 0.15) is 0 Å². The van der Waals surface area contributed by atoms with Crippen molar-refractivity contribution in [2.24, 2.45) is 0 Å². The minimum atomic E-state index is -0.216. The minimum Gasteiger partial charge on any atom is -0.0991 e. The summed E-state index contributed by atoms with van der Waals surface area (Å²) in [4.78, 5) is 3.56. The van der Waals surface area contributed by atoms with Crippen molar-refractivity contribution in [2.75, 3.05) is 0 Å². The van der Waals surface area contributed by atoms with Crippen LogP contribution >= 0.6 is 0 Å². The standard InChI is InChI=1S/C20H25S.3C2H6/c1-7-13-16-19(11-5)21(18(10-4)15-9-3)20(12-6)17-14-8-2;3*1-2/h7-17H,1-4H2,5-6H3;3*1-2H3/q+1;;;/b16-13-,17-14-,18-15+,19-11+,20-12+;;;. The molecule has 0 nitrogen and oxygen atoms in total. The third-order valence-electron chi connectivity index (χ3n) is 2.55. The summed E-state index contributed by atoms with van der Waals surface area (Å²) < 4.78 is 0. The Hall–Kier alpha value is -1.99. The first-order chi connectivity index (χ1) is 13.2. The van der Waals surface area contributed by atoms with Crippen LogP contribution in [0.15, 0.2) is 108 Å². The van der Waals surface area contributed by atoms with Crippen LogP contribution in [0, 0.1) is 0 Å². The molecule has 0 amide bonds. The van der Waals surface area contributed by atoms with E-state index >= 15 is 0 Å². The fraction of sp³-hybridized carbons (Fsp3) is 0.308. The van der Waals surface area contributed by atoms with E-state index in [1.54, 1.807) is 18.2 Å². The van der Waals surface area contributed by atoms with Crippen molar-refractivity contribution in [3.8, 4) is 0 Å². The van der Waals surface area contributed by atoms with E-state index in [0.29, 0.717) is 0 Å². The van der Waals surface area contributed by atoms with Crippen LogP contribution in [0.25, 0.3) is 0 Å². The van der Waals surface area contributed by atoms with Crippen LogP contribution in [0.2, 0.25) is 0 Å². The third kappa shape index (κ3) is 15.9.